The molecular formula is C29H32N6O4S. The summed E-state index contributed by atoms with van der Waals surface area (Å²) >= 11 is 0.885. The van der Waals surface area contributed by atoms with Crippen LogP contribution in [0, 0.1) is 12.8 Å². The number of amides is 2. The number of ether oxygens (including phenoxy) is 2. The van der Waals surface area contributed by atoms with E-state index < -0.39 is 0 Å². The summed E-state index contributed by atoms with van der Waals surface area (Å²) in [6, 6.07) is 11.7. The SMILES string of the molecule is COc1ccc(-c2cc(C)cc(CNCC3CCN(c4nccc(/C=C5\SC(=O)NC5=O)n4)CC3)n2)c(OC)c1. The molecule has 11 heteroatoms. The number of benzene rings is 1. The lowest BCUT2D eigenvalue weighted by Crippen LogP contribution is -2.38. The molecule has 3 aromatic rings. The van der Waals surface area contributed by atoms with E-state index in [4.69, 9.17) is 14.5 Å². The number of methoxy groups -OCH3 is 2. The Morgan fingerprint density at radius 3 is 2.65 bits per heavy atom. The van der Waals surface area contributed by atoms with Crippen LogP contribution in [0.1, 0.15) is 29.8 Å². The minimum atomic E-state index is -0.388. The van der Waals surface area contributed by atoms with Crippen LogP contribution in [-0.4, -0.2) is 60.0 Å². The molecule has 2 aromatic heterocycles. The van der Waals surface area contributed by atoms with Crippen LogP contribution >= 0.6 is 11.8 Å². The number of rotatable bonds is 9. The van der Waals surface area contributed by atoms with Gasteiger partial charge >= 0.3 is 0 Å². The van der Waals surface area contributed by atoms with Crippen LogP contribution in [0.3, 0.4) is 0 Å². The number of imide groups is 1. The van der Waals surface area contributed by atoms with Crippen molar-refractivity contribution in [2.24, 2.45) is 5.92 Å². The Labute approximate surface area is 237 Å². The molecule has 0 unspecified atom stereocenters. The first-order valence-corrected chi connectivity index (χ1v) is 14.0. The van der Waals surface area contributed by atoms with Crippen molar-refractivity contribution in [3.8, 4) is 22.8 Å². The number of nitrogens with zero attached hydrogens (tertiary/aromatic N) is 4. The molecule has 2 aliphatic rings. The highest BCUT2D eigenvalue weighted by molar-refractivity contribution is 8.18. The molecule has 0 atom stereocenters. The van der Waals surface area contributed by atoms with Crippen molar-refractivity contribution >= 4 is 34.9 Å². The molecule has 2 N–H and O–H groups in total. The lowest BCUT2D eigenvalue weighted by atomic mass is 9.97. The van der Waals surface area contributed by atoms with Crippen molar-refractivity contribution in [2.75, 3.05) is 38.8 Å². The average molecular weight is 561 g/mol. The Kier molecular flexibility index (Phi) is 8.61. The Bertz CT molecular complexity index is 1440. The smallest absolute Gasteiger partial charge is 0.290 e. The highest BCUT2D eigenvalue weighted by Gasteiger charge is 2.26. The van der Waals surface area contributed by atoms with E-state index in [0.29, 0.717) is 29.0 Å². The average Bonchev–Trinajstić information content (AvgIpc) is 3.28. The van der Waals surface area contributed by atoms with Gasteiger partial charge in [-0.05, 0) is 86.0 Å². The molecule has 40 heavy (non-hydrogen) atoms. The van der Waals surface area contributed by atoms with Crippen molar-refractivity contribution in [2.45, 2.75) is 26.3 Å². The third-order valence-corrected chi connectivity index (χ3v) is 7.74. The summed E-state index contributed by atoms with van der Waals surface area (Å²) in [5.41, 5.74) is 4.55. The molecule has 2 fully saturated rings. The Morgan fingerprint density at radius 1 is 1.10 bits per heavy atom. The molecule has 2 saturated heterocycles. The number of aromatic nitrogens is 3. The van der Waals surface area contributed by atoms with Crippen LogP contribution in [0.5, 0.6) is 11.5 Å². The number of carbonyl (C=O) groups is 2. The van der Waals surface area contributed by atoms with Gasteiger partial charge in [0.05, 0.1) is 36.2 Å². The zero-order valence-electron chi connectivity index (χ0n) is 22.8. The molecule has 4 heterocycles. The summed E-state index contributed by atoms with van der Waals surface area (Å²) in [7, 11) is 3.29. The van der Waals surface area contributed by atoms with Crippen LogP contribution < -0.4 is 25.0 Å². The fourth-order valence-electron chi connectivity index (χ4n) is 4.87. The summed E-state index contributed by atoms with van der Waals surface area (Å²) in [6.07, 6.45) is 5.35. The molecule has 2 amide bonds. The van der Waals surface area contributed by atoms with Crippen LogP contribution in [0.15, 0.2) is 47.5 Å². The zero-order chi connectivity index (χ0) is 28.1. The molecule has 208 valence electrons. The molecule has 0 bridgehead atoms. The van der Waals surface area contributed by atoms with Gasteiger partial charge in [0, 0.05) is 37.5 Å². The van der Waals surface area contributed by atoms with Crippen molar-refractivity contribution in [1.29, 1.82) is 0 Å². The Morgan fingerprint density at radius 2 is 1.93 bits per heavy atom. The first-order valence-electron chi connectivity index (χ1n) is 13.2. The van der Waals surface area contributed by atoms with E-state index in [1.807, 2.05) is 18.2 Å². The third kappa shape index (κ3) is 6.60. The molecule has 5 rings (SSSR count). The second-order valence-corrected chi connectivity index (χ2v) is 10.8. The minimum absolute atomic E-state index is 0.345. The maximum atomic E-state index is 11.8. The van der Waals surface area contributed by atoms with E-state index in [1.54, 1.807) is 32.6 Å². The third-order valence-electron chi connectivity index (χ3n) is 6.93. The van der Waals surface area contributed by atoms with E-state index in [1.165, 1.54) is 0 Å². The molecule has 2 aliphatic heterocycles. The maximum Gasteiger partial charge on any atom is 0.290 e. The van der Waals surface area contributed by atoms with E-state index in [-0.39, 0.29) is 11.1 Å². The minimum Gasteiger partial charge on any atom is -0.497 e. The number of thioether (sulfide) groups is 1. The fourth-order valence-corrected chi connectivity index (χ4v) is 5.54. The monoisotopic (exact) mass is 560 g/mol. The van der Waals surface area contributed by atoms with Gasteiger partial charge in [0.2, 0.25) is 5.95 Å². The standard InChI is InChI=1S/C29H32N6O4S/c1-18-12-21(32-24(13-18)23-5-4-22(38-2)15-25(23)39-3)17-30-16-19-7-10-35(11-8-19)28-31-9-6-20(33-28)14-26-27(36)34-29(37)40-26/h4-6,9,12-15,19,30H,7-8,10-11,16-17H2,1-3H3,(H,34,36,37)/b26-14-. The van der Waals surface area contributed by atoms with Gasteiger partial charge in [-0.1, -0.05) is 0 Å². The molecule has 0 saturated carbocycles. The molecule has 0 radical (unpaired) electrons. The van der Waals surface area contributed by atoms with E-state index >= 15 is 0 Å². The first kappa shape index (κ1) is 27.6. The topological polar surface area (TPSA) is 119 Å². The highest BCUT2D eigenvalue weighted by Crippen LogP contribution is 2.33. The lowest BCUT2D eigenvalue weighted by molar-refractivity contribution is -0.115. The van der Waals surface area contributed by atoms with Crippen LogP contribution in [0.4, 0.5) is 10.7 Å². The largest absolute Gasteiger partial charge is 0.497 e. The first-order chi connectivity index (χ1) is 19.4. The van der Waals surface area contributed by atoms with Gasteiger partial charge < -0.3 is 19.7 Å². The van der Waals surface area contributed by atoms with Gasteiger partial charge in [0.15, 0.2) is 0 Å². The second-order valence-electron chi connectivity index (χ2n) is 9.78. The number of nitrogens with one attached hydrogen (secondary N) is 2. The summed E-state index contributed by atoms with van der Waals surface area (Å²) in [6.45, 7) is 5.36. The summed E-state index contributed by atoms with van der Waals surface area (Å²) in [5.74, 6) is 2.26. The van der Waals surface area contributed by atoms with Gasteiger partial charge in [-0.3, -0.25) is 19.9 Å². The Balaban J connectivity index is 1.15. The summed E-state index contributed by atoms with van der Waals surface area (Å²) < 4.78 is 10.9. The van der Waals surface area contributed by atoms with E-state index in [9.17, 15) is 9.59 Å². The van der Waals surface area contributed by atoms with Gasteiger partial charge in [-0.15, -0.1) is 0 Å². The van der Waals surface area contributed by atoms with Crippen LogP contribution in [0.2, 0.25) is 0 Å². The summed E-state index contributed by atoms with van der Waals surface area (Å²) in [4.78, 5) is 39.7. The predicted molar refractivity (Wildman–Crippen MR) is 155 cm³/mol. The van der Waals surface area contributed by atoms with Crippen LogP contribution in [0.25, 0.3) is 17.3 Å². The second kappa shape index (κ2) is 12.5. The highest BCUT2D eigenvalue weighted by atomic mass is 32.2. The maximum absolute atomic E-state index is 11.8. The van der Waals surface area contributed by atoms with E-state index in [2.05, 4.69) is 44.6 Å². The number of carbonyl (C=O) groups excluding carboxylic acids is 2. The molecule has 10 nitrogen and oxygen atoms in total. The van der Waals surface area contributed by atoms with Gasteiger partial charge in [0.25, 0.3) is 11.1 Å². The van der Waals surface area contributed by atoms with Gasteiger partial charge in [-0.2, -0.15) is 0 Å². The Hall–Kier alpha value is -3.96. The van der Waals surface area contributed by atoms with Gasteiger partial charge in [0.1, 0.15) is 11.5 Å². The molecule has 0 spiro atoms. The van der Waals surface area contributed by atoms with Crippen molar-refractivity contribution in [3.05, 3.63) is 64.5 Å². The van der Waals surface area contributed by atoms with Crippen molar-refractivity contribution in [1.82, 2.24) is 25.6 Å². The number of piperidine rings is 1. The van der Waals surface area contributed by atoms with Crippen molar-refractivity contribution < 1.29 is 19.1 Å². The number of hydrogen-bond donors (Lipinski definition) is 2. The van der Waals surface area contributed by atoms with Crippen LogP contribution in [-0.2, 0) is 11.3 Å². The number of aryl methyl sites for hydroxylation is 1. The molecule has 0 aliphatic carbocycles. The van der Waals surface area contributed by atoms with Gasteiger partial charge in [-0.25, -0.2) is 9.97 Å². The quantitative estimate of drug-likeness (QED) is 0.369. The number of hydrogen-bond acceptors (Lipinski definition) is 10. The van der Waals surface area contributed by atoms with E-state index in [0.717, 1.165) is 78.3 Å². The normalized spacial score (nSPS) is 16.9. The zero-order valence-corrected chi connectivity index (χ0v) is 23.6. The summed E-state index contributed by atoms with van der Waals surface area (Å²) in [5, 5.41) is 5.50. The predicted octanol–water partition coefficient (Wildman–Crippen LogP) is 4.19. The molecule has 1 aromatic carbocycles. The lowest BCUT2D eigenvalue weighted by Gasteiger charge is -2.32. The number of pyridine rings is 1. The number of anilines is 1. The fraction of sp³-hybridized carbons (Fsp3) is 0.345. The van der Waals surface area contributed by atoms with Crippen molar-refractivity contribution in [3.63, 3.8) is 0 Å². The molecular weight excluding hydrogens is 528 g/mol.